The third kappa shape index (κ3) is 27.7. The van der Waals surface area contributed by atoms with Crippen LogP contribution in [0.2, 0.25) is 0 Å². The number of halogens is 2. The summed E-state index contributed by atoms with van der Waals surface area (Å²) in [7, 11) is 0. The van der Waals surface area contributed by atoms with E-state index >= 15 is 0 Å². The molecule has 0 unspecified atom stereocenters. The first-order valence-electron chi connectivity index (χ1n) is 10.1. The van der Waals surface area contributed by atoms with Gasteiger partial charge in [0.05, 0.1) is 0 Å². The van der Waals surface area contributed by atoms with E-state index in [4.69, 9.17) is 0 Å². The summed E-state index contributed by atoms with van der Waals surface area (Å²) >= 11 is 0. The zero-order valence-corrected chi connectivity index (χ0v) is 17.7. The Morgan fingerprint density at radius 3 is 0.957 bits per heavy atom. The first-order valence-corrected chi connectivity index (χ1v) is 10.1. The van der Waals surface area contributed by atoms with E-state index in [2.05, 4.69) is 19.2 Å². The number of hydrogen-bond acceptors (Lipinski definition) is 1. The summed E-state index contributed by atoms with van der Waals surface area (Å²) in [5, 5.41) is 3.61. The summed E-state index contributed by atoms with van der Waals surface area (Å²) in [6.45, 7) is 7.06. The second-order valence-electron chi connectivity index (χ2n) is 6.70. The molecule has 0 atom stereocenters. The Kier molecular flexibility index (Phi) is 33.8. The van der Waals surface area contributed by atoms with Crippen LogP contribution in [0.3, 0.4) is 0 Å². The molecule has 0 heterocycles. The largest absolute Gasteiger partial charge is 0.317 e. The Bertz CT molecular complexity index is 159. The Labute approximate surface area is 160 Å². The molecular formula is C20H45Cl2N. The van der Waals surface area contributed by atoms with Gasteiger partial charge in [0.2, 0.25) is 0 Å². The monoisotopic (exact) mass is 369 g/mol. The van der Waals surface area contributed by atoms with Gasteiger partial charge in [0.1, 0.15) is 0 Å². The SMILES string of the molecule is CCCCCCCCCCNCCCCCCCCCC.Cl.Cl. The minimum atomic E-state index is 0. The molecule has 0 aromatic carbocycles. The lowest BCUT2D eigenvalue weighted by atomic mass is 10.1. The molecule has 0 saturated carbocycles. The van der Waals surface area contributed by atoms with Crippen LogP contribution in [0.4, 0.5) is 0 Å². The molecule has 0 aromatic rings. The van der Waals surface area contributed by atoms with Crippen LogP contribution in [0.5, 0.6) is 0 Å². The van der Waals surface area contributed by atoms with Crippen LogP contribution in [-0.4, -0.2) is 13.1 Å². The van der Waals surface area contributed by atoms with Gasteiger partial charge in [-0.2, -0.15) is 0 Å². The fraction of sp³-hybridized carbons (Fsp3) is 1.00. The zero-order chi connectivity index (χ0) is 15.4. The molecule has 0 bridgehead atoms. The van der Waals surface area contributed by atoms with Crippen molar-refractivity contribution in [1.29, 1.82) is 0 Å². The Hall–Kier alpha value is 0.540. The normalized spacial score (nSPS) is 10.2. The van der Waals surface area contributed by atoms with Crippen molar-refractivity contribution in [2.45, 2.75) is 117 Å². The van der Waals surface area contributed by atoms with Gasteiger partial charge < -0.3 is 5.32 Å². The lowest BCUT2D eigenvalue weighted by molar-refractivity contribution is 0.532. The van der Waals surface area contributed by atoms with E-state index in [1.54, 1.807) is 0 Å². The van der Waals surface area contributed by atoms with Gasteiger partial charge >= 0.3 is 0 Å². The maximum absolute atomic E-state index is 3.61. The van der Waals surface area contributed by atoms with Crippen molar-refractivity contribution in [2.75, 3.05) is 13.1 Å². The standard InChI is InChI=1S/C20H43N.2ClH/c1-3-5-7-9-11-13-15-17-19-21-20-18-16-14-12-10-8-6-4-2;;/h21H,3-20H2,1-2H3;2*1H. The van der Waals surface area contributed by atoms with Crippen LogP contribution in [0.15, 0.2) is 0 Å². The van der Waals surface area contributed by atoms with Gasteiger partial charge in [-0.05, 0) is 25.9 Å². The fourth-order valence-electron chi connectivity index (χ4n) is 2.89. The maximum atomic E-state index is 3.61. The third-order valence-corrected chi connectivity index (χ3v) is 4.41. The molecule has 0 aromatic heterocycles. The molecule has 1 N–H and O–H groups in total. The highest BCUT2D eigenvalue weighted by Crippen LogP contribution is 2.09. The Balaban J connectivity index is -0.00000200. The molecule has 0 rings (SSSR count). The predicted molar refractivity (Wildman–Crippen MR) is 113 cm³/mol. The van der Waals surface area contributed by atoms with Crippen LogP contribution < -0.4 is 5.32 Å². The highest BCUT2D eigenvalue weighted by Gasteiger charge is 1.93. The maximum Gasteiger partial charge on any atom is -0.00489 e. The summed E-state index contributed by atoms with van der Waals surface area (Å²) in [5.74, 6) is 0. The van der Waals surface area contributed by atoms with Gasteiger partial charge in [-0.1, -0.05) is 104 Å². The first-order chi connectivity index (χ1) is 10.4. The van der Waals surface area contributed by atoms with Gasteiger partial charge in [-0.25, -0.2) is 0 Å². The average Bonchev–Trinajstić information content (AvgIpc) is 2.50. The minimum Gasteiger partial charge on any atom is -0.317 e. The van der Waals surface area contributed by atoms with Gasteiger partial charge in [0, 0.05) is 0 Å². The average molecular weight is 370 g/mol. The molecule has 1 nitrogen and oxygen atoms in total. The van der Waals surface area contributed by atoms with Crippen LogP contribution in [0, 0.1) is 0 Å². The van der Waals surface area contributed by atoms with Gasteiger partial charge in [0.15, 0.2) is 0 Å². The predicted octanol–water partition coefficient (Wildman–Crippen LogP) is 7.70. The highest BCUT2D eigenvalue weighted by molar-refractivity contribution is 5.85. The lowest BCUT2D eigenvalue weighted by Crippen LogP contribution is -2.16. The summed E-state index contributed by atoms with van der Waals surface area (Å²) in [4.78, 5) is 0. The molecule has 0 radical (unpaired) electrons. The molecule has 23 heavy (non-hydrogen) atoms. The van der Waals surface area contributed by atoms with E-state index in [0.29, 0.717) is 0 Å². The number of rotatable bonds is 18. The molecule has 0 aliphatic carbocycles. The lowest BCUT2D eigenvalue weighted by Gasteiger charge is -2.05. The zero-order valence-electron chi connectivity index (χ0n) is 16.0. The van der Waals surface area contributed by atoms with Crippen molar-refractivity contribution < 1.29 is 0 Å². The molecule has 0 fully saturated rings. The van der Waals surface area contributed by atoms with E-state index in [1.165, 1.54) is 116 Å². The molecule has 0 aliphatic rings. The van der Waals surface area contributed by atoms with Gasteiger partial charge in [0.25, 0.3) is 0 Å². The number of nitrogens with one attached hydrogen (secondary N) is 1. The van der Waals surface area contributed by atoms with E-state index in [9.17, 15) is 0 Å². The van der Waals surface area contributed by atoms with Crippen LogP contribution in [0.1, 0.15) is 117 Å². The molecule has 0 aliphatic heterocycles. The summed E-state index contributed by atoms with van der Waals surface area (Å²) in [5.41, 5.74) is 0. The van der Waals surface area contributed by atoms with Crippen molar-refractivity contribution >= 4 is 24.8 Å². The van der Waals surface area contributed by atoms with Crippen molar-refractivity contribution in [1.82, 2.24) is 5.32 Å². The minimum absolute atomic E-state index is 0. The van der Waals surface area contributed by atoms with Crippen LogP contribution >= 0.6 is 24.8 Å². The van der Waals surface area contributed by atoms with Crippen molar-refractivity contribution in [3.8, 4) is 0 Å². The quantitative estimate of drug-likeness (QED) is 0.244. The summed E-state index contributed by atoms with van der Waals surface area (Å²) in [6.07, 6.45) is 22.8. The molecular weight excluding hydrogens is 325 g/mol. The van der Waals surface area contributed by atoms with E-state index in [-0.39, 0.29) is 24.8 Å². The fourth-order valence-corrected chi connectivity index (χ4v) is 2.89. The van der Waals surface area contributed by atoms with Crippen molar-refractivity contribution in [2.24, 2.45) is 0 Å². The molecule has 3 heteroatoms. The van der Waals surface area contributed by atoms with E-state index < -0.39 is 0 Å². The highest BCUT2D eigenvalue weighted by atomic mass is 35.5. The molecule has 144 valence electrons. The topological polar surface area (TPSA) is 12.0 Å². The second kappa shape index (κ2) is 27.4. The van der Waals surface area contributed by atoms with Gasteiger partial charge in [-0.3, -0.25) is 0 Å². The Morgan fingerprint density at radius 1 is 0.391 bits per heavy atom. The second-order valence-corrected chi connectivity index (χ2v) is 6.70. The molecule has 0 spiro atoms. The summed E-state index contributed by atoms with van der Waals surface area (Å²) in [6, 6.07) is 0. The van der Waals surface area contributed by atoms with E-state index in [0.717, 1.165) is 0 Å². The first kappa shape index (κ1) is 28.3. The summed E-state index contributed by atoms with van der Waals surface area (Å²) < 4.78 is 0. The van der Waals surface area contributed by atoms with E-state index in [1.807, 2.05) is 0 Å². The Morgan fingerprint density at radius 2 is 0.652 bits per heavy atom. The number of hydrogen-bond donors (Lipinski definition) is 1. The van der Waals surface area contributed by atoms with Crippen molar-refractivity contribution in [3.05, 3.63) is 0 Å². The smallest absolute Gasteiger partial charge is 0.00489 e. The molecule has 0 saturated heterocycles. The van der Waals surface area contributed by atoms with Crippen LogP contribution in [-0.2, 0) is 0 Å². The van der Waals surface area contributed by atoms with Gasteiger partial charge in [-0.15, -0.1) is 24.8 Å². The third-order valence-electron chi connectivity index (χ3n) is 4.41. The number of unbranched alkanes of at least 4 members (excludes halogenated alkanes) is 14. The van der Waals surface area contributed by atoms with Crippen molar-refractivity contribution in [3.63, 3.8) is 0 Å². The van der Waals surface area contributed by atoms with Crippen LogP contribution in [0.25, 0.3) is 0 Å². The molecule has 0 amide bonds.